The number of rotatable bonds is 4. The molecule has 6 aromatic carbocycles. The van der Waals surface area contributed by atoms with Crippen molar-refractivity contribution in [3.63, 3.8) is 0 Å². The molecule has 0 saturated carbocycles. The van der Waals surface area contributed by atoms with Gasteiger partial charge in [-0.05, 0) is 0 Å². The third-order valence-corrected chi connectivity index (χ3v) is 23.2. The molecule has 0 radical (unpaired) electrons. The number of epoxide rings is 1. The molecule has 2 unspecified atom stereocenters. The summed E-state index contributed by atoms with van der Waals surface area (Å²) in [5.41, 5.74) is 12.2. The van der Waals surface area contributed by atoms with Crippen molar-refractivity contribution < 1.29 is 17.3 Å². The molecule has 2 fully saturated rings. The van der Waals surface area contributed by atoms with Gasteiger partial charge in [0.1, 0.15) is 0 Å². The van der Waals surface area contributed by atoms with Crippen molar-refractivity contribution in [3.05, 3.63) is 189 Å². The van der Waals surface area contributed by atoms with E-state index in [1.807, 2.05) is 24.3 Å². The van der Waals surface area contributed by atoms with E-state index < -0.39 is 29.2 Å². The Balaban J connectivity index is 1.59. The monoisotopic (exact) mass is 722 g/mol. The Morgan fingerprint density at radius 2 is 0.900 bits per heavy atom. The minimum atomic E-state index is -4.57. The molecule has 6 aromatic rings. The first kappa shape index (κ1) is 31.6. The van der Waals surface area contributed by atoms with Gasteiger partial charge >= 0.3 is 297 Å². The van der Waals surface area contributed by atoms with Gasteiger partial charge in [-0.15, -0.1) is 0 Å². The van der Waals surface area contributed by atoms with E-state index in [0.29, 0.717) is 0 Å². The summed E-state index contributed by atoms with van der Waals surface area (Å²) in [6.45, 7) is 13.2. The molecule has 0 amide bonds. The number of hydrogen-bond donors (Lipinski definition) is 0. The third kappa shape index (κ3) is 3.69. The predicted molar refractivity (Wildman–Crippen MR) is 197 cm³/mol. The molecule has 9 rings (SSSR count). The van der Waals surface area contributed by atoms with Crippen LogP contribution in [0.3, 0.4) is 0 Å². The normalized spacial score (nSPS) is 21.9. The third-order valence-electron chi connectivity index (χ3n) is 11.6. The van der Waals surface area contributed by atoms with Crippen LogP contribution in [0.2, 0.25) is 0 Å². The molecule has 3 aliphatic rings. The summed E-state index contributed by atoms with van der Waals surface area (Å²) in [4.78, 5) is 0. The van der Waals surface area contributed by atoms with Crippen LogP contribution in [0.25, 0.3) is 11.1 Å². The van der Waals surface area contributed by atoms with Gasteiger partial charge < -0.3 is 0 Å². The summed E-state index contributed by atoms with van der Waals surface area (Å²) in [6.07, 6.45) is 0. The second-order valence-electron chi connectivity index (χ2n) is 14.6. The van der Waals surface area contributed by atoms with Gasteiger partial charge in [-0.1, -0.05) is 0 Å². The number of ether oxygens (including phenoxy) is 1. The quantitative estimate of drug-likeness (QED) is 0.134. The van der Waals surface area contributed by atoms with E-state index in [0.717, 1.165) is 33.4 Å². The molecule has 1 spiro atoms. The Kier molecular flexibility index (Phi) is 6.69. The van der Waals surface area contributed by atoms with Crippen LogP contribution in [0.5, 0.6) is 0 Å². The van der Waals surface area contributed by atoms with Crippen molar-refractivity contribution in [2.24, 2.45) is 0 Å². The van der Waals surface area contributed by atoms with Crippen LogP contribution in [-0.4, -0.2) is 13.6 Å². The summed E-state index contributed by atoms with van der Waals surface area (Å²) in [7, 11) is 0. The van der Waals surface area contributed by atoms with Gasteiger partial charge in [0.05, 0.1) is 0 Å². The van der Waals surface area contributed by atoms with Crippen molar-refractivity contribution in [2.75, 3.05) is 0 Å². The van der Waals surface area contributed by atoms with Gasteiger partial charge in [0, 0.05) is 0 Å². The van der Waals surface area contributed by atoms with Crippen LogP contribution in [0.1, 0.15) is 55.6 Å². The Labute approximate surface area is 295 Å². The topological polar surface area (TPSA) is 21.8 Å². The first-order chi connectivity index (χ1) is 24.0. The van der Waals surface area contributed by atoms with Crippen molar-refractivity contribution in [2.45, 2.75) is 57.2 Å². The van der Waals surface area contributed by atoms with E-state index >= 15 is 0 Å². The van der Waals surface area contributed by atoms with E-state index in [4.69, 9.17) is 8.50 Å². The fraction of sp³-hybridized carbons (Fsp3) is 0.200. The van der Waals surface area contributed by atoms with Gasteiger partial charge in [0.2, 0.25) is 0 Å². The molecule has 2 aliphatic heterocycles. The van der Waals surface area contributed by atoms with Crippen molar-refractivity contribution >= 4 is 22.4 Å². The van der Waals surface area contributed by atoms with Gasteiger partial charge in [-0.2, -0.15) is 0 Å². The van der Waals surface area contributed by atoms with Gasteiger partial charge in [0.15, 0.2) is 0 Å². The van der Waals surface area contributed by atoms with Gasteiger partial charge in [-0.25, -0.2) is 0 Å². The Morgan fingerprint density at radius 1 is 0.500 bits per heavy atom. The fourth-order valence-electron chi connectivity index (χ4n) is 10.4. The molecular formula is C45H38F2GeO2. The summed E-state index contributed by atoms with van der Waals surface area (Å²) in [6, 6.07) is 40.0. The summed E-state index contributed by atoms with van der Waals surface area (Å²) in [5.74, 6) is -1.94. The van der Waals surface area contributed by atoms with Crippen molar-refractivity contribution in [3.8, 4) is 11.1 Å². The second-order valence-corrected chi connectivity index (χ2v) is 21.5. The molecule has 5 heteroatoms. The molecule has 1 aliphatic carbocycles. The van der Waals surface area contributed by atoms with E-state index in [1.165, 1.54) is 66.4 Å². The Bertz CT molecular complexity index is 2230. The molecule has 2 atom stereocenters. The number of aryl methyl sites for hydroxylation is 6. The molecule has 50 heavy (non-hydrogen) atoms. The predicted octanol–water partition coefficient (Wildman–Crippen LogP) is 9.19. The molecule has 2 nitrogen and oxygen atoms in total. The zero-order valence-corrected chi connectivity index (χ0v) is 31.2. The van der Waals surface area contributed by atoms with Crippen LogP contribution in [0.15, 0.2) is 121 Å². The Hall–Kier alpha value is -4.36. The Morgan fingerprint density at radius 3 is 1.34 bits per heavy atom. The second kappa shape index (κ2) is 10.6. The SMILES string of the molecule is Cc1cc(C)[c]([Ge]2([c]3c(C)cc(C)cc3C)[O]C3(c4ccc(F)cc4)OC3(c3ccc(F)cc3)[C]23c2ccccc2-c2ccccc23)c(C)c1. The zero-order valence-electron chi connectivity index (χ0n) is 29.1. The maximum absolute atomic E-state index is 14.9. The number of halogens is 2. The average Bonchev–Trinajstić information content (AvgIpc) is 3.56. The van der Waals surface area contributed by atoms with Crippen LogP contribution in [0, 0.1) is 53.2 Å². The van der Waals surface area contributed by atoms with Gasteiger partial charge in [-0.3, -0.25) is 0 Å². The van der Waals surface area contributed by atoms with Crippen LogP contribution in [-0.2, 0) is 24.1 Å². The maximum atomic E-state index is 14.9. The molecular weight excluding hydrogens is 683 g/mol. The van der Waals surface area contributed by atoms with Crippen molar-refractivity contribution in [1.82, 2.24) is 0 Å². The fourth-order valence-corrected chi connectivity index (χ4v) is 24.3. The van der Waals surface area contributed by atoms with E-state index in [9.17, 15) is 8.78 Å². The van der Waals surface area contributed by atoms with Crippen LogP contribution < -0.4 is 8.79 Å². The standard InChI is InChI=1S/C45H38F2GeO2/c1-27-23-29(3)41(30(4)24-27)48(42-31(5)25-28(2)26-32(42)6)43(39-13-9-7-11-37(39)38-12-8-10-14-40(38)43)44(33-15-19-35(46)20-16-33)45(49-44,50-48)34-17-21-36(47)22-18-34/h7-26H,1-6H3. The van der Waals surface area contributed by atoms with Crippen LogP contribution >= 0.6 is 0 Å². The molecule has 0 aromatic heterocycles. The molecule has 2 saturated heterocycles. The van der Waals surface area contributed by atoms with Crippen LogP contribution in [0.4, 0.5) is 8.78 Å². The number of benzene rings is 6. The number of fused-ring (bicyclic) bond motifs is 7. The molecule has 2 heterocycles. The number of hydrogen-bond acceptors (Lipinski definition) is 2. The summed E-state index contributed by atoms with van der Waals surface area (Å²) < 4.78 is 47.0. The summed E-state index contributed by atoms with van der Waals surface area (Å²) >= 11 is -4.57. The zero-order chi connectivity index (χ0) is 34.8. The van der Waals surface area contributed by atoms with E-state index in [1.54, 1.807) is 0 Å². The molecule has 248 valence electrons. The van der Waals surface area contributed by atoms with E-state index in [2.05, 4.69) is 114 Å². The van der Waals surface area contributed by atoms with Crippen molar-refractivity contribution in [1.29, 1.82) is 0 Å². The summed E-state index contributed by atoms with van der Waals surface area (Å²) in [5, 5.41) is 0. The molecule has 0 N–H and O–H groups in total. The first-order valence-corrected chi connectivity index (χ1v) is 21.3. The average molecular weight is 721 g/mol. The van der Waals surface area contributed by atoms with E-state index in [-0.39, 0.29) is 11.6 Å². The van der Waals surface area contributed by atoms with Gasteiger partial charge in [0.25, 0.3) is 0 Å². The molecule has 0 bridgehead atoms. The minimum absolute atomic E-state index is 0.318. The first-order valence-electron chi connectivity index (χ1n) is 17.3.